The zero-order valence-corrected chi connectivity index (χ0v) is 15.1. The Morgan fingerprint density at radius 3 is 2.08 bits per heavy atom. The molecule has 0 aliphatic carbocycles. The van der Waals surface area contributed by atoms with Gasteiger partial charge < -0.3 is 21.5 Å². The largest absolute Gasteiger partial charge is 0.497 e. The molecule has 0 spiro atoms. The minimum Gasteiger partial charge on any atom is -0.497 e. The van der Waals surface area contributed by atoms with E-state index < -0.39 is 0 Å². The van der Waals surface area contributed by atoms with Crippen LogP contribution in [0.5, 0.6) is 5.75 Å². The van der Waals surface area contributed by atoms with E-state index >= 15 is 0 Å². The molecule has 136 valence electrons. The van der Waals surface area contributed by atoms with Crippen molar-refractivity contribution in [1.29, 1.82) is 0 Å². The second-order valence-corrected chi connectivity index (χ2v) is 6.16. The van der Waals surface area contributed by atoms with Crippen LogP contribution in [0.4, 0.5) is 0 Å². The van der Waals surface area contributed by atoms with Crippen LogP contribution >= 0.6 is 0 Å². The maximum absolute atomic E-state index is 5.29. The van der Waals surface area contributed by atoms with Crippen molar-refractivity contribution < 1.29 is 4.74 Å². The van der Waals surface area contributed by atoms with E-state index in [1.165, 1.54) is 50.5 Å². The van der Waals surface area contributed by atoms with Gasteiger partial charge in [-0.3, -0.25) is 4.99 Å². The lowest BCUT2D eigenvalue weighted by atomic mass is 10.1. The minimum absolute atomic E-state index is 0.204. The summed E-state index contributed by atoms with van der Waals surface area (Å²) in [5, 5.41) is 3.50. The molecular weight excluding hydrogens is 300 g/mol. The molecule has 5 N–H and O–H groups in total. The number of rotatable bonds is 14. The van der Waals surface area contributed by atoms with Gasteiger partial charge in [-0.1, -0.05) is 50.7 Å². The normalized spacial score (nSPS) is 10.5. The van der Waals surface area contributed by atoms with E-state index in [-0.39, 0.29) is 5.96 Å². The van der Waals surface area contributed by atoms with Gasteiger partial charge in [0.05, 0.1) is 7.11 Å². The second-order valence-electron chi connectivity index (χ2n) is 6.16. The van der Waals surface area contributed by atoms with Crippen LogP contribution in [0.1, 0.15) is 56.9 Å². The highest BCUT2D eigenvalue weighted by molar-refractivity contribution is 5.75. The molecule has 1 rings (SSSR count). The summed E-state index contributed by atoms with van der Waals surface area (Å²) in [5.41, 5.74) is 11.9. The van der Waals surface area contributed by atoms with Crippen LogP contribution in [0, 0.1) is 0 Å². The summed E-state index contributed by atoms with van der Waals surface area (Å²) in [6.07, 6.45) is 10.1. The molecule has 24 heavy (non-hydrogen) atoms. The lowest BCUT2D eigenvalue weighted by Gasteiger charge is -2.06. The van der Waals surface area contributed by atoms with E-state index in [1.807, 2.05) is 12.1 Å². The van der Waals surface area contributed by atoms with E-state index in [9.17, 15) is 0 Å². The lowest BCUT2D eigenvalue weighted by molar-refractivity contribution is 0.414. The summed E-state index contributed by atoms with van der Waals surface area (Å²) < 4.78 is 5.16. The Balaban J connectivity index is 1.84. The first-order valence-corrected chi connectivity index (χ1v) is 9.11. The molecule has 0 aromatic heterocycles. The van der Waals surface area contributed by atoms with Crippen LogP contribution in [0.15, 0.2) is 29.3 Å². The van der Waals surface area contributed by atoms with Crippen molar-refractivity contribution in [3.8, 4) is 5.75 Å². The Morgan fingerprint density at radius 1 is 0.917 bits per heavy atom. The average Bonchev–Trinajstić information content (AvgIpc) is 2.59. The summed E-state index contributed by atoms with van der Waals surface area (Å²) in [6.45, 7) is 2.78. The number of hydrogen-bond donors (Lipinski definition) is 3. The topological polar surface area (TPSA) is 85.7 Å². The molecule has 0 aliphatic heterocycles. The number of nitrogens with two attached hydrogens (primary N) is 2. The highest BCUT2D eigenvalue weighted by atomic mass is 16.5. The second kappa shape index (κ2) is 13.7. The Kier molecular flexibility index (Phi) is 11.6. The van der Waals surface area contributed by atoms with Gasteiger partial charge in [0.1, 0.15) is 5.75 Å². The van der Waals surface area contributed by atoms with E-state index in [0.717, 1.165) is 31.8 Å². The van der Waals surface area contributed by atoms with E-state index in [1.54, 1.807) is 7.11 Å². The van der Waals surface area contributed by atoms with Crippen LogP contribution in [-0.2, 0) is 6.54 Å². The number of nitrogens with one attached hydrogen (secondary N) is 1. The van der Waals surface area contributed by atoms with E-state index in [0.29, 0.717) is 0 Å². The first-order chi connectivity index (χ1) is 11.7. The third-order valence-electron chi connectivity index (χ3n) is 4.04. The third kappa shape index (κ3) is 10.9. The molecule has 0 saturated carbocycles. The van der Waals surface area contributed by atoms with Gasteiger partial charge in [0, 0.05) is 13.1 Å². The molecule has 0 saturated heterocycles. The number of aliphatic imine (C=N–C) groups is 1. The van der Waals surface area contributed by atoms with Gasteiger partial charge in [-0.05, 0) is 37.1 Å². The number of nitrogens with zero attached hydrogens (tertiary/aromatic N) is 1. The fourth-order valence-electron chi connectivity index (χ4n) is 2.61. The molecule has 1 aromatic rings. The highest BCUT2D eigenvalue weighted by Crippen LogP contribution is 2.11. The summed E-state index contributed by atoms with van der Waals surface area (Å²) in [5.74, 6) is 1.12. The van der Waals surface area contributed by atoms with Crippen molar-refractivity contribution in [2.24, 2.45) is 16.5 Å². The number of hydrogen-bond acceptors (Lipinski definition) is 3. The van der Waals surface area contributed by atoms with Crippen LogP contribution in [-0.4, -0.2) is 26.2 Å². The number of guanidine groups is 1. The number of ether oxygens (including phenoxy) is 1. The Hall–Kier alpha value is -1.75. The van der Waals surface area contributed by atoms with Crippen molar-refractivity contribution in [3.05, 3.63) is 29.8 Å². The Labute approximate surface area is 146 Å². The molecule has 1 aromatic carbocycles. The van der Waals surface area contributed by atoms with Gasteiger partial charge >= 0.3 is 0 Å². The van der Waals surface area contributed by atoms with Gasteiger partial charge in [-0.25, -0.2) is 0 Å². The Bertz CT molecular complexity index is 441. The maximum Gasteiger partial charge on any atom is 0.185 e. The van der Waals surface area contributed by atoms with Gasteiger partial charge in [0.2, 0.25) is 0 Å². The summed E-state index contributed by atoms with van der Waals surface area (Å²) >= 11 is 0. The lowest BCUT2D eigenvalue weighted by Crippen LogP contribution is -2.22. The van der Waals surface area contributed by atoms with Crippen LogP contribution in [0.2, 0.25) is 0 Å². The van der Waals surface area contributed by atoms with Crippen LogP contribution in [0.25, 0.3) is 0 Å². The van der Waals surface area contributed by atoms with Gasteiger partial charge in [-0.2, -0.15) is 0 Å². The zero-order valence-electron chi connectivity index (χ0n) is 15.1. The standard InChI is InChI=1S/C19H34N4O/c1-24-18-12-10-17(11-13-18)16-22-14-8-6-4-2-3-5-7-9-15-23-19(20)21/h10-13,22H,2-9,14-16H2,1H3,(H4,20,21,23). The molecule has 0 bridgehead atoms. The number of unbranched alkanes of at least 4 members (excludes halogenated alkanes) is 7. The monoisotopic (exact) mass is 334 g/mol. The smallest absolute Gasteiger partial charge is 0.185 e. The molecule has 0 aliphatic rings. The highest BCUT2D eigenvalue weighted by Gasteiger charge is 1.95. The molecule has 5 nitrogen and oxygen atoms in total. The van der Waals surface area contributed by atoms with E-state index in [4.69, 9.17) is 16.2 Å². The molecule has 0 unspecified atom stereocenters. The van der Waals surface area contributed by atoms with Crippen molar-refractivity contribution >= 4 is 5.96 Å². The first-order valence-electron chi connectivity index (χ1n) is 9.11. The minimum atomic E-state index is 0.204. The quantitative estimate of drug-likeness (QED) is 0.277. The molecule has 0 heterocycles. The maximum atomic E-state index is 5.29. The number of methoxy groups -OCH3 is 1. The molecular formula is C19H34N4O. The van der Waals surface area contributed by atoms with Gasteiger partial charge in [0.15, 0.2) is 5.96 Å². The number of benzene rings is 1. The summed E-state index contributed by atoms with van der Waals surface area (Å²) in [7, 11) is 1.69. The predicted molar refractivity (Wildman–Crippen MR) is 102 cm³/mol. The molecule has 0 fully saturated rings. The fraction of sp³-hybridized carbons (Fsp3) is 0.632. The van der Waals surface area contributed by atoms with Crippen molar-refractivity contribution in [3.63, 3.8) is 0 Å². The SMILES string of the molecule is COc1ccc(CNCCCCCCCCCCN=C(N)N)cc1. The molecule has 5 heteroatoms. The van der Waals surface area contributed by atoms with Crippen molar-refractivity contribution in [1.82, 2.24) is 5.32 Å². The van der Waals surface area contributed by atoms with Gasteiger partial charge in [0.25, 0.3) is 0 Å². The predicted octanol–water partition coefficient (Wildman–Crippen LogP) is 3.18. The van der Waals surface area contributed by atoms with E-state index in [2.05, 4.69) is 22.4 Å². The van der Waals surface area contributed by atoms with Crippen molar-refractivity contribution in [2.45, 2.75) is 57.9 Å². The van der Waals surface area contributed by atoms with Crippen LogP contribution in [0.3, 0.4) is 0 Å². The average molecular weight is 335 g/mol. The first kappa shape index (κ1) is 20.3. The summed E-state index contributed by atoms with van der Waals surface area (Å²) in [4.78, 5) is 3.99. The Morgan fingerprint density at radius 2 is 1.50 bits per heavy atom. The zero-order chi connectivity index (χ0) is 17.5. The van der Waals surface area contributed by atoms with Crippen LogP contribution < -0.4 is 21.5 Å². The molecule has 0 radical (unpaired) electrons. The van der Waals surface area contributed by atoms with Crippen molar-refractivity contribution in [2.75, 3.05) is 20.2 Å². The molecule has 0 amide bonds. The fourth-order valence-corrected chi connectivity index (χ4v) is 2.61. The molecule has 0 atom stereocenters. The van der Waals surface area contributed by atoms with Gasteiger partial charge in [-0.15, -0.1) is 0 Å². The third-order valence-corrected chi connectivity index (χ3v) is 4.04. The summed E-state index contributed by atoms with van der Waals surface area (Å²) in [6, 6.07) is 8.24.